The van der Waals surface area contributed by atoms with E-state index < -0.39 is 0 Å². The third-order valence-corrected chi connectivity index (χ3v) is 16.0. The van der Waals surface area contributed by atoms with Gasteiger partial charge in [0, 0.05) is 51.1 Å². The van der Waals surface area contributed by atoms with E-state index in [0.717, 1.165) is 55.9 Å². The minimum Gasteiger partial charge on any atom is -0.509 e. The Morgan fingerprint density at radius 2 is 0.987 bits per heavy atom. The average molecular weight is 1220 g/mol. The van der Waals surface area contributed by atoms with Crippen molar-refractivity contribution in [2.24, 2.45) is 0 Å². The van der Waals surface area contributed by atoms with Gasteiger partial charge < -0.3 is 26.5 Å². The summed E-state index contributed by atoms with van der Waals surface area (Å²) in [5, 5.41) is 2.20. The molecule has 0 radical (unpaired) electrons. The summed E-state index contributed by atoms with van der Waals surface area (Å²) < 4.78 is 9.13. The molecule has 0 amide bonds. The standard InChI is InChI=1S/C72H71N4O.CH3.Pt/c1-68(2,3)52-36-37-73-67(42-52)76-63-35-32-49(48-24-17-14-18-25-48)38-60(63)59-34-33-58(44-64(59)76)77-57-31-23-30-55(43-57)74-47-75(56-40-53(69(4,5)6)39-54(41-56)70(7,8)9)66-46-62(72(12,13)51-28-21-16-22-29-51)61(45-65(66)74)71(10,11)50-26-19-15-20-27-50;;/h14-42,45-47H,1-13H3;1H3;/q-3;-1;+4. The van der Waals surface area contributed by atoms with Gasteiger partial charge in [0.25, 0.3) is 0 Å². The third kappa shape index (κ3) is 10.7. The molecule has 0 spiro atoms. The molecule has 0 saturated carbocycles. The summed E-state index contributed by atoms with van der Waals surface area (Å²) in [7, 11) is 0. The maximum atomic E-state index is 6.90. The predicted molar refractivity (Wildman–Crippen MR) is 329 cm³/mol. The van der Waals surface area contributed by atoms with Crippen LogP contribution < -0.4 is 14.5 Å². The van der Waals surface area contributed by atoms with E-state index >= 15 is 0 Å². The van der Waals surface area contributed by atoms with Crippen molar-refractivity contribution in [3.05, 3.63) is 253 Å². The van der Waals surface area contributed by atoms with E-state index in [1.54, 1.807) is 0 Å². The Bertz CT molecular complexity index is 3780. The smallest absolute Gasteiger partial charge is 0.509 e. The van der Waals surface area contributed by atoms with E-state index in [2.05, 4.69) is 293 Å². The first-order chi connectivity index (χ1) is 36.6. The van der Waals surface area contributed by atoms with Crippen LogP contribution in [0.25, 0.3) is 38.8 Å². The Labute approximate surface area is 485 Å². The number of hydrogen-bond acceptors (Lipinski definition) is 4. The van der Waals surface area contributed by atoms with Crippen molar-refractivity contribution in [3.63, 3.8) is 0 Å². The molecule has 0 aliphatic carbocycles. The van der Waals surface area contributed by atoms with Crippen molar-refractivity contribution in [3.8, 4) is 28.4 Å². The van der Waals surface area contributed by atoms with Gasteiger partial charge in [0.15, 0.2) is 0 Å². The maximum Gasteiger partial charge on any atom is 4.00 e. The van der Waals surface area contributed by atoms with Gasteiger partial charge in [-0.3, -0.25) is 0 Å². The van der Waals surface area contributed by atoms with Crippen molar-refractivity contribution in [1.29, 1.82) is 0 Å². The predicted octanol–water partition coefficient (Wildman–Crippen LogP) is 19.6. The quantitative estimate of drug-likeness (QED) is 0.128. The van der Waals surface area contributed by atoms with Crippen LogP contribution in [0.4, 0.5) is 22.7 Å². The Hall–Kier alpha value is -7.20. The van der Waals surface area contributed by atoms with Crippen molar-refractivity contribution < 1.29 is 25.8 Å². The number of fused-ring (bicyclic) bond motifs is 4. The van der Waals surface area contributed by atoms with Gasteiger partial charge in [-0.2, -0.15) is 12.1 Å². The fourth-order valence-corrected chi connectivity index (χ4v) is 11.1. The maximum absolute atomic E-state index is 6.90. The molecule has 0 saturated heterocycles. The molecule has 5 nitrogen and oxygen atoms in total. The molecule has 402 valence electrons. The second kappa shape index (κ2) is 21.1. The van der Waals surface area contributed by atoms with Crippen molar-refractivity contribution >= 4 is 44.6 Å². The largest absolute Gasteiger partial charge is 4.00 e. The van der Waals surface area contributed by atoms with Gasteiger partial charge in [0.2, 0.25) is 0 Å². The number of pyridine rings is 1. The third-order valence-electron chi connectivity index (χ3n) is 16.0. The van der Waals surface area contributed by atoms with Crippen LogP contribution in [0.3, 0.4) is 0 Å². The zero-order valence-electron chi connectivity index (χ0n) is 48.5. The number of ether oxygens (including phenoxy) is 1. The van der Waals surface area contributed by atoms with E-state index in [4.69, 9.17) is 9.72 Å². The minimum absolute atomic E-state index is 0. The molecule has 1 aliphatic heterocycles. The number of benzene rings is 8. The van der Waals surface area contributed by atoms with Crippen LogP contribution in [0.1, 0.15) is 129 Å². The molecular weight excluding hydrogens is 1140 g/mol. The number of aromatic nitrogens is 2. The van der Waals surface area contributed by atoms with Gasteiger partial charge in [-0.15, -0.1) is 48.1 Å². The van der Waals surface area contributed by atoms with E-state index in [0.29, 0.717) is 11.5 Å². The monoisotopic (exact) mass is 1220 g/mol. The second-order valence-corrected chi connectivity index (χ2v) is 25.2. The average Bonchev–Trinajstić information content (AvgIpc) is 4.21. The molecule has 79 heavy (non-hydrogen) atoms. The number of anilines is 4. The van der Waals surface area contributed by atoms with Gasteiger partial charge in [-0.25, -0.2) is 4.98 Å². The molecule has 0 atom stereocenters. The van der Waals surface area contributed by atoms with Crippen LogP contribution in [0.5, 0.6) is 11.5 Å². The van der Waals surface area contributed by atoms with E-state index in [9.17, 15) is 0 Å². The van der Waals surface area contributed by atoms with E-state index in [-0.39, 0.29) is 55.6 Å². The molecule has 1 aliphatic rings. The number of hydrogen-bond donors (Lipinski definition) is 0. The van der Waals surface area contributed by atoms with Crippen LogP contribution in [0.2, 0.25) is 0 Å². The van der Waals surface area contributed by atoms with Crippen LogP contribution >= 0.6 is 0 Å². The molecular formula is C73H74N4OPt. The molecule has 0 unspecified atom stereocenters. The Morgan fingerprint density at radius 3 is 1.56 bits per heavy atom. The topological polar surface area (TPSA) is 33.5 Å². The molecule has 8 aromatic carbocycles. The summed E-state index contributed by atoms with van der Waals surface area (Å²) in [5.74, 6) is 2.02. The Kier molecular flexibility index (Phi) is 15.1. The minimum atomic E-state index is -0.360. The van der Waals surface area contributed by atoms with E-state index in [1.807, 2.05) is 18.3 Å². The molecule has 3 heterocycles. The zero-order chi connectivity index (χ0) is 54.2. The van der Waals surface area contributed by atoms with Crippen LogP contribution in [-0.2, 0) is 48.1 Å². The molecule has 0 fully saturated rings. The summed E-state index contributed by atoms with van der Waals surface area (Å²) in [6.07, 6.45) is 1.92. The molecule has 10 aromatic rings. The van der Waals surface area contributed by atoms with Crippen molar-refractivity contribution in [2.75, 3.05) is 9.80 Å². The first kappa shape index (κ1) is 56.5. The zero-order valence-corrected chi connectivity index (χ0v) is 50.8. The number of rotatable bonds is 10. The number of nitrogens with zero attached hydrogens (tertiary/aromatic N) is 4. The second-order valence-electron chi connectivity index (χ2n) is 25.2. The Balaban J connectivity index is 0.00000378. The van der Waals surface area contributed by atoms with Gasteiger partial charge in [-0.1, -0.05) is 205 Å². The summed E-state index contributed by atoms with van der Waals surface area (Å²) in [6, 6.07) is 73.5. The molecule has 0 N–H and O–H groups in total. The fourth-order valence-electron chi connectivity index (χ4n) is 11.1. The first-order valence-electron chi connectivity index (χ1n) is 27.2. The molecule has 2 aromatic heterocycles. The van der Waals surface area contributed by atoms with Crippen molar-refractivity contribution in [1.82, 2.24) is 9.55 Å². The van der Waals surface area contributed by atoms with Crippen LogP contribution in [-0.4, -0.2) is 9.55 Å². The summed E-state index contributed by atoms with van der Waals surface area (Å²) in [4.78, 5) is 9.68. The summed E-state index contributed by atoms with van der Waals surface area (Å²) in [6.45, 7) is 32.3. The molecule has 0 bridgehead atoms. The molecule has 11 rings (SSSR count). The molecule has 6 heteroatoms. The summed E-state index contributed by atoms with van der Waals surface area (Å²) >= 11 is 0. The van der Waals surface area contributed by atoms with Gasteiger partial charge in [0.1, 0.15) is 5.82 Å². The van der Waals surface area contributed by atoms with Gasteiger partial charge in [-0.05, 0) is 114 Å². The van der Waals surface area contributed by atoms with Gasteiger partial charge in [0.05, 0.1) is 0 Å². The van der Waals surface area contributed by atoms with Crippen molar-refractivity contribution in [2.45, 2.75) is 117 Å². The Morgan fingerprint density at radius 1 is 0.443 bits per heavy atom. The van der Waals surface area contributed by atoms with E-state index in [1.165, 1.54) is 44.5 Å². The normalized spacial score (nSPS) is 13.1. The summed E-state index contributed by atoms with van der Waals surface area (Å²) in [5.41, 5.74) is 16.4. The first-order valence-corrected chi connectivity index (χ1v) is 27.2. The van der Waals surface area contributed by atoms with Gasteiger partial charge >= 0.3 is 21.1 Å². The van der Waals surface area contributed by atoms with Crippen LogP contribution in [0.15, 0.2) is 188 Å². The van der Waals surface area contributed by atoms with Crippen LogP contribution in [0, 0.1) is 26.2 Å². The fraction of sp³-hybridized carbons (Fsp3) is 0.247. The SMILES string of the molecule is CC(C)(C)c1cc(N2[CH-]N(c3[c-]c(Oc4[c-]c5c(cc4)c4cc(-c6ccccc6)ccc4n5-c4cc(C(C)(C)C)ccn4)ccc3)c3cc(C(C)(C)c4ccccc4)c(C(C)(C)c4ccccc4)cc32)cc(C(C)(C)C)c1.[CH3-].[Pt+4].